The molecule has 28 heavy (non-hydrogen) atoms. The standard InChI is InChI=1S/C25H43NO2/c1-3-5-7-9-17-25(20-26)18-15-22(16-19-25)24(27)28-23-13-11-21(12-14-23)10-8-6-4-2/h21-23H,3-19H2,1-2H3. The van der Waals surface area contributed by atoms with Gasteiger partial charge in [0.05, 0.1) is 17.4 Å². The summed E-state index contributed by atoms with van der Waals surface area (Å²) in [5.41, 5.74) is -0.179. The second-order valence-electron chi connectivity index (χ2n) is 9.55. The minimum Gasteiger partial charge on any atom is -0.462 e. The molecule has 0 atom stereocenters. The monoisotopic (exact) mass is 389 g/mol. The number of rotatable bonds is 11. The molecule has 160 valence electrons. The van der Waals surface area contributed by atoms with Crippen LogP contribution in [-0.4, -0.2) is 12.1 Å². The van der Waals surface area contributed by atoms with E-state index in [0.717, 1.165) is 57.3 Å². The molecule has 2 aliphatic carbocycles. The van der Waals surface area contributed by atoms with Crippen molar-refractivity contribution in [3.63, 3.8) is 0 Å². The van der Waals surface area contributed by atoms with Crippen molar-refractivity contribution in [1.29, 1.82) is 5.26 Å². The van der Waals surface area contributed by atoms with Gasteiger partial charge in [-0.3, -0.25) is 4.79 Å². The molecule has 0 spiro atoms. The van der Waals surface area contributed by atoms with Gasteiger partial charge in [-0.2, -0.15) is 5.26 Å². The number of ether oxygens (including phenoxy) is 1. The molecule has 0 N–H and O–H groups in total. The molecule has 0 heterocycles. The van der Waals surface area contributed by atoms with Gasteiger partial charge in [0.15, 0.2) is 0 Å². The average Bonchev–Trinajstić information content (AvgIpc) is 2.73. The van der Waals surface area contributed by atoms with E-state index < -0.39 is 0 Å². The lowest BCUT2D eigenvalue weighted by Gasteiger charge is -2.35. The fourth-order valence-electron chi connectivity index (χ4n) is 5.20. The second kappa shape index (κ2) is 12.5. The first kappa shape index (κ1) is 23.2. The Morgan fingerprint density at radius 1 is 0.929 bits per heavy atom. The molecule has 3 nitrogen and oxygen atoms in total. The van der Waals surface area contributed by atoms with Crippen molar-refractivity contribution in [3.8, 4) is 6.07 Å². The normalized spacial score (nSPS) is 30.5. The van der Waals surface area contributed by atoms with Crippen LogP contribution in [0.3, 0.4) is 0 Å². The molecule has 0 saturated heterocycles. The highest BCUT2D eigenvalue weighted by atomic mass is 16.5. The first-order chi connectivity index (χ1) is 13.6. The Hall–Kier alpha value is -1.04. The van der Waals surface area contributed by atoms with Crippen molar-refractivity contribution < 1.29 is 9.53 Å². The van der Waals surface area contributed by atoms with Crippen LogP contribution in [0.1, 0.15) is 123 Å². The van der Waals surface area contributed by atoms with E-state index in [4.69, 9.17) is 4.74 Å². The number of carbonyl (C=O) groups is 1. The van der Waals surface area contributed by atoms with Crippen molar-refractivity contribution in [2.24, 2.45) is 17.3 Å². The molecule has 0 aromatic heterocycles. The summed E-state index contributed by atoms with van der Waals surface area (Å²) in [4.78, 5) is 12.7. The second-order valence-corrected chi connectivity index (χ2v) is 9.55. The number of hydrogen-bond acceptors (Lipinski definition) is 3. The highest BCUT2D eigenvalue weighted by Crippen LogP contribution is 2.43. The molecule has 2 rings (SSSR count). The van der Waals surface area contributed by atoms with Gasteiger partial charge in [0.1, 0.15) is 6.10 Å². The van der Waals surface area contributed by atoms with E-state index in [0.29, 0.717) is 0 Å². The van der Waals surface area contributed by atoms with E-state index in [1.54, 1.807) is 0 Å². The van der Waals surface area contributed by atoms with Crippen LogP contribution in [0.15, 0.2) is 0 Å². The van der Waals surface area contributed by atoms with Crippen molar-refractivity contribution in [1.82, 2.24) is 0 Å². The molecule has 3 heteroatoms. The zero-order chi connectivity index (χ0) is 20.2. The van der Waals surface area contributed by atoms with Gasteiger partial charge in [0.25, 0.3) is 0 Å². The number of carbonyl (C=O) groups excluding carboxylic acids is 1. The van der Waals surface area contributed by atoms with Gasteiger partial charge in [-0.05, 0) is 63.7 Å². The first-order valence-corrected chi connectivity index (χ1v) is 12.2. The third kappa shape index (κ3) is 7.41. The SMILES string of the molecule is CCCCCCC1(C#N)CCC(C(=O)OC2CCC(CCCCC)CC2)CC1. The van der Waals surface area contributed by atoms with Gasteiger partial charge < -0.3 is 4.74 Å². The topological polar surface area (TPSA) is 50.1 Å². The average molecular weight is 390 g/mol. The molecular formula is C25H43NO2. The van der Waals surface area contributed by atoms with E-state index in [9.17, 15) is 10.1 Å². The van der Waals surface area contributed by atoms with Crippen LogP contribution in [0.5, 0.6) is 0 Å². The van der Waals surface area contributed by atoms with Crippen LogP contribution in [0.25, 0.3) is 0 Å². The van der Waals surface area contributed by atoms with Crippen molar-refractivity contribution in [2.45, 2.75) is 129 Å². The molecule has 0 aromatic carbocycles. The van der Waals surface area contributed by atoms with E-state index in [-0.39, 0.29) is 23.4 Å². The highest BCUT2D eigenvalue weighted by molar-refractivity contribution is 5.72. The predicted molar refractivity (Wildman–Crippen MR) is 115 cm³/mol. The van der Waals surface area contributed by atoms with Crippen LogP contribution >= 0.6 is 0 Å². The molecule has 2 aliphatic rings. The third-order valence-electron chi connectivity index (χ3n) is 7.31. The smallest absolute Gasteiger partial charge is 0.309 e. The van der Waals surface area contributed by atoms with Gasteiger partial charge in [0.2, 0.25) is 0 Å². The summed E-state index contributed by atoms with van der Waals surface area (Å²) in [6.07, 6.45) is 19.3. The molecule has 0 aliphatic heterocycles. The van der Waals surface area contributed by atoms with Gasteiger partial charge in [-0.25, -0.2) is 0 Å². The van der Waals surface area contributed by atoms with Gasteiger partial charge in [0, 0.05) is 0 Å². The summed E-state index contributed by atoms with van der Waals surface area (Å²) in [6, 6.07) is 2.61. The lowest BCUT2D eigenvalue weighted by molar-refractivity contribution is -0.157. The summed E-state index contributed by atoms with van der Waals surface area (Å²) < 4.78 is 5.90. The number of unbranched alkanes of at least 4 members (excludes halogenated alkanes) is 5. The molecule has 2 saturated carbocycles. The quantitative estimate of drug-likeness (QED) is 0.274. The molecule has 0 aromatic rings. The van der Waals surface area contributed by atoms with E-state index >= 15 is 0 Å². The summed E-state index contributed by atoms with van der Waals surface area (Å²) in [6.45, 7) is 4.48. The molecule has 2 fully saturated rings. The first-order valence-electron chi connectivity index (χ1n) is 12.2. The Bertz CT molecular complexity index is 479. The van der Waals surface area contributed by atoms with Gasteiger partial charge in [-0.15, -0.1) is 0 Å². The Morgan fingerprint density at radius 3 is 2.18 bits per heavy atom. The van der Waals surface area contributed by atoms with Gasteiger partial charge >= 0.3 is 5.97 Å². The van der Waals surface area contributed by atoms with Crippen LogP contribution in [-0.2, 0) is 9.53 Å². The van der Waals surface area contributed by atoms with Crippen molar-refractivity contribution in [2.75, 3.05) is 0 Å². The van der Waals surface area contributed by atoms with Crippen LogP contribution < -0.4 is 0 Å². The summed E-state index contributed by atoms with van der Waals surface area (Å²) in [5, 5.41) is 9.72. The third-order valence-corrected chi connectivity index (χ3v) is 7.31. The minimum absolute atomic E-state index is 0.0203. The van der Waals surface area contributed by atoms with E-state index in [1.807, 2.05) is 0 Å². The predicted octanol–water partition coefficient (Wildman–Crippen LogP) is 7.34. The van der Waals surface area contributed by atoms with Crippen molar-refractivity contribution in [3.05, 3.63) is 0 Å². The Kier molecular flexibility index (Phi) is 10.4. The largest absolute Gasteiger partial charge is 0.462 e. The molecular weight excluding hydrogens is 346 g/mol. The number of esters is 1. The molecule has 0 radical (unpaired) electrons. The maximum Gasteiger partial charge on any atom is 0.309 e. The maximum atomic E-state index is 12.7. The maximum absolute atomic E-state index is 12.7. The van der Waals surface area contributed by atoms with Gasteiger partial charge in [-0.1, -0.05) is 65.2 Å². The Morgan fingerprint density at radius 2 is 1.57 bits per heavy atom. The highest BCUT2D eigenvalue weighted by Gasteiger charge is 2.38. The van der Waals surface area contributed by atoms with Crippen LogP contribution in [0.2, 0.25) is 0 Å². The van der Waals surface area contributed by atoms with Crippen LogP contribution in [0, 0.1) is 28.6 Å². The fourth-order valence-corrected chi connectivity index (χ4v) is 5.20. The van der Waals surface area contributed by atoms with E-state index in [1.165, 1.54) is 57.8 Å². The Balaban J connectivity index is 1.67. The molecule has 0 unspecified atom stereocenters. The van der Waals surface area contributed by atoms with E-state index in [2.05, 4.69) is 19.9 Å². The van der Waals surface area contributed by atoms with Crippen LogP contribution in [0.4, 0.5) is 0 Å². The zero-order valence-corrected chi connectivity index (χ0v) is 18.5. The molecule has 0 amide bonds. The number of nitrogens with zero attached hydrogens (tertiary/aromatic N) is 1. The Labute approximate surface area is 173 Å². The lowest BCUT2D eigenvalue weighted by atomic mass is 9.69. The summed E-state index contributed by atoms with van der Waals surface area (Å²) in [5.74, 6) is 0.895. The zero-order valence-electron chi connectivity index (χ0n) is 18.5. The molecule has 0 bridgehead atoms. The fraction of sp³-hybridized carbons (Fsp3) is 0.920. The minimum atomic E-state index is -0.179. The van der Waals surface area contributed by atoms with Crippen molar-refractivity contribution >= 4 is 5.97 Å². The number of nitriles is 1. The lowest BCUT2D eigenvalue weighted by Crippen LogP contribution is -2.33. The summed E-state index contributed by atoms with van der Waals surface area (Å²) in [7, 11) is 0. The number of hydrogen-bond donors (Lipinski definition) is 0. The summed E-state index contributed by atoms with van der Waals surface area (Å²) >= 11 is 0.